The summed E-state index contributed by atoms with van der Waals surface area (Å²) in [4.78, 5) is 52.9. The number of anilines is 1. The molecule has 0 aromatic heterocycles. The molecular weight excluding hydrogens is 452 g/mol. The molecule has 3 rings (SSSR count). The fraction of sp³-hybridized carbons (Fsp3) is 0.565. The molecule has 180 valence electrons. The summed E-state index contributed by atoms with van der Waals surface area (Å²) in [5.41, 5.74) is 0.485. The molecule has 0 radical (unpaired) electrons. The van der Waals surface area contributed by atoms with Crippen molar-refractivity contribution in [3.05, 3.63) is 23.2 Å². The second-order valence-corrected chi connectivity index (χ2v) is 8.59. The summed E-state index contributed by atoms with van der Waals surface area (Å²) < 4.78 is 15.8. The predicted octanol–water partition coefficient (Wildman–Crippen LogP) is 2.43. The van der Waals surface area contributed by atoms with Crippen LogP contribution in [-0.4, -0.2) is 68.1 Å². The largest absolute Gasteiger partial charge is 0.495 e. The van der Waals surface area contributed by atoms with Crippen LogP contribution in [0, 0.1) is 11.8 Å². The van der Waals surface area contributed by atoms with Crippen LogP contribution in [0.5, 0.6) is 5.75 Å². The van der Waals surface area contributed by atoms with Crippen LogP contribution < -0.4 is 9.64 Å². The third-order valence-electron chi connectivity index (χ3n) is 5.96. The van der Waals surface area contributed by atoms with Gasteiger partial charge in [-0.2, -0.15) is 0 Å². The lowest BCUT2D eigenvalue weighted by Gasteiger charge is -2.32. The number of likely N-dealkylation sites (tertiary alicyclic amines) is 1. The molecule has 0 N–H and O–H groups in total. The lowest BCUT2D eigenvalue weighted by atomic mass is 9.96. The Balaban J connectivity index is 1.55. The lowest BCUT2D eigenvalue weighted by Crippen LogP contribution is -2.46. The van der Waals surface area contributed by atoms with E-state index in [4.69, 9.17) is 25.8 Å². The smallest absolute Gasteiger partial charge is 0.312 e. The van der Waals surface area contributed by atoms with Crippen LogP contribution in [0.3, 0.4) is 0 Å². The van der Waals surface area contributed by atoms with Crippen LogP contribution in [0.4, 0.5) is 5.69 Å². The average molecular weight is 481 g/mol. The molecule has 2 heterocycles. The third kappa shape index (κ3) is 5.76. The van der Waals surface area contributed by atoms with E-state index in [2.05, 4.69) is 0 Å². The van der Waals surface area contributed by atoms with Gasteiger partial charge < -0.3 is 24.0 Å². The van der Waals surface area contributed by atoms with Crippen LogP contribution >= 0.6 is 11.6 Å². The summed E-state index contributed by atoms with van der Waals surface area (Å²) in [5, 5.41) is 0.440. The monoisotopic (exact) mass is 480 g/mol. The van der Waals surface area contributed by atoms with Gasteiger partial charge >= 0.3 is 11.9 Å². The quantitative estimate of drug-likeness (QED) is 0.552. The number of halogens is 1. The van der Waals surface area contributed by atoms with Crippen molar-refractivity contribution in [2.45, 2.75) is 39.2 Å². The highest BCUT2D eigenvalue weighted by Crippen LogP contribution is 2.35. The van der Waals surface area contributed by atoms with Crippen molar-refractivity contribution >= 4 is 41.0 Å². The van der Waals surface area contributed by atoms with E-state index in [0.29, 0.717) is 49.0 Å². The maximum Gasteiger partial charge on any atom is 0.312 e. The molecule has 2 saturated heterocycles. The molecule has 1 aromatic rings. The van der Waals surface area contributed by atoms with Gasteiger partial charge in [-0.1, -0.05) is 11.6 Å². The zero-order valence-electron chi connectivity index (χ0n) is 19.0. The van der Waals surface area contributed by atoms with Crippen LogP contribution in [0.25, 0.3) is 0 Å². The number of hydrogen-bond acceptors (Lipinski definition) is 7. The zero-order valence-corrected chi connectivity index (χ0v) is 19.8. The van der Waals surface area contributed by atoms with Gasteiger partial charge in [0.2, 0.25) is 5.91 Å². The first-order valence-electron chi connectivity index (χ1n) is 11.0. The summed E-state index contributed by atoms with van der Waals surface area (Å²) in [5.74, 6) is -1.86. The lowest BCUT2D eigenvalue weighted by molar-refractivity contribution is -0.163. The number of methoxy groups -OCH3 is 1. The third-order valence-corrected chi connectivity index (χ3v) is 6.19. The minimum atomic E-state index is -0.985. The van der Waals surface area contributed by atoms with Crippen molar-refractivity contribution in [3.8, 4) is 5.75 Å². The van der Waals surface area contributed by atoms with E-state index in [0.717, 1.165) is 0 Å². The Labute approximate surface area is 197 Å². The topological polar surface area (TPSA) is 102 Å². The number of hydrogen-bond donors (Lipinski definition) is 0. The van der Waals surface area contributed by atoms with Crippen LogP contribution in [0.15, 0.2) is 18.2 Å². The van der Waals surface area contributed by atoms with Crippen molar-refractivity contribution in [1.82, 2.24) is 4.90 Å². The fourth-order valence-electron chi connectivity index (χ4n) is 4.15. The zero-order chi connectivity index (χ0) is 24.1. The predicted molar refractivity (Wildman–Crippen MR) is 120 cm³/mol. The normalized spacial score (nSPS) is 19.9. The Kier molecular flexibility index (Phi) is 8.18. The highest BCUT2D eigenvalue weighted by Gasteiger charge is 2.39. The molecule has 2 amide bonds. The molecule has 2 aliphatic rings. The number of ether oxygens (including phenoxy) is 3. The van der Waals surface area contributed by atoms with E-state index in [1.165, 1.54) is 18.9 Å². The summed E-state index contributed by atoms with van der Waals surface area (Å²) in [6.07, 6.45) is 0.0132. The van der Waals surface area contributed by atoms with E-state index in [1.807, 2.05) is 0 Å². The summed E-state index contributed by atoms with van der Waals surface area (Å²) >= 11 is 6.07. The number of rotatable bonds is 7. The Morgan fingerprint density at radius 3 is 2.48 bits per heavy atom. The summed E-state index contributed by atoms with van der Waals surface area (Å²) in [7, 11) is 1.49. The second kappa shape index (κ2) is 10.9. The Hall–Kier alpha value is -2.81. The van der Waals surface area contributed by atoms with E-state index in [1.54, 1.807) is 30.0 Å². The molecule has 0 unspecified atom stereocenters. The molecule has 0 bridgehead atoms. The molecule has 2 aliphatic heterocycles. The van der Waals surface area contributed by atoms with Gasteiger partial charge in [-0.15, -0.1) is 0 Å². The number of piperidine rings is 1. The molecule has 10 heteroatoms. The molecule has 2 atom stereocenters. The van der Waals surface area contributed by atoms with Gasteiger partial charge in [-0.3, -0.25) is 19.2 Å². The number of carbonyl (C=O) groups is 4. The number of carbonyl (C=O) groups excluding carboxylic acids is 4. The molecule has 0 spiro atoms. The Morgan fingerprint density at radius 1 is 1.15 bits per heavy atom. The van der Waals surface area contributed by atoms with E-state index < -0.39 is 18.0 Å². The fourth-order valence-corrected chi connectivity index (χ4v) is 4.31. The first-order valence-corrected chi connectivity index (χ1v) is 11.4. The summed E-state index contributed by atoms with van der Waals surface area (Å²) in [6, 6.07) is 4.92. The maximum atomic E-state index is 12.7. The van der Waals surface area contributed by atoms with Crippen LogP contribution in [-0.2, 0) is 28.7 Å². The first-order chi connectivity index (χ1) is 15.7. The number of benzene rings is 1. The van der Waals surface area contributed by atoms with Gasteiger partial charge in [-0.05, 0) is 44.9 Å². The van der Waals surface area contributed by atoms with Gasteiger partial charge in [-0.25, -0.2) is 0 Å². The Bertz CT molecular complexity index is 914. The minimum Gasteiger partial charge on any atom is -0.495 e. The van der Waals surface area contributed by atoms with E-state index in [-0.39, 0.29) is 36.7 Å². The van der Waals surface area contributed by atoms with Gasteiger partial charge in [0, 0.05) is 31.1 Å². The average Bonchev–Trinajstić information content (AvgIpc) is 3.20. The summed E-state index contributed by atoms with van der Waals surface area (Å²) in [6.45, 7) is 4.51. The van der Waals surface area contributed by atoms with Gasteiger partial charge in [0.25, 0.3) is 5.91 Å². The van der Waals surface area contributed by atoms with E-state index in [9.17, 15) is 19.2 Å². The first kappa shape index (κ1) is 24.8. The molecule has 0 aliphatic carbocycles. The van der Waals surface area contributed by atoms with Crippen LogP contribution in [0.2, 0.25) is 5.02 Å². The van der Waals surface area contributed by atoms with Gasteiger partial charge in [0.1, 0.15) is 5.75 Å². The van der Waals surface area contributed by atoms with Crippen molar-refractivity contribution in [1.29, 1.82) is 0 Å². The Morgan fingerprint density at radius 2 is 1.85 bits per heavy atom. The van der Waals surface area contributed by atoms with E-state index >= 15 is 0 Å². The molecule has 9 nitrogen and oxygen atoms in total. The van der Waals surface area contributed by atoms with Crippen molar-refractivity contribution in [2.24, 2.45) is 11.8 Å². The van der Waals surface area contributed by atoms with Crippen molar-refractivity contribution in [2.75, 3.05) is 38.3 Å². The standard InChI is InChI=1S/C23H29ClN2O7/c1-4-32-22(29)15-7-9-25(10-8-15)21(28)14(2)33-23(30)16-11-20(27)26(13-16)18-12-17(24)5-6-19(18)31-3/h5-6,12,14-16H,4,7-11,13H2,1-3H3/t14-,16-/m0/s1. The van der Waals surface area contributed by atoms with Crippen molar-refractivity contribution < 1.29 is 33.4 Å². The van der Waals surface area contributed by atoms with Crippen LogP contribution in [0.1, 0.15) is 33.1 Å². The molecule has 0 saturated carbocycles. The highest BCUT2D eigenvalue weighted by atomic mass is 35.5. The second-order valence-electron chi connectivity index (χ2n) is 8.15. The molecule has 1 aromatic carbocycles. The van der Waals surface area contributed by atoms with Gasteiger partial charge in [0.15, 0.2) is 6.10 Å². The number of nitrogens with zero attached hydrogens (tertiary/aromatic N) is 2. The minimum absolute atomic E-state index is 0.0274. The molecule has 2 fully saturated rings. The highest BCUT2D eigenvalue weighted by molar-refractivity contribution is 6.31. The molecule has 33 heavy (non-hydrogen) atoms. The number of esters is 2. The maximum absolute atomic E-state index is 12.7. The number of amides is 2. The SMILES string of the molecule is CCOC(=O)C1CCN(C(=O)[C@H](C)OC(=O)[C@H]2CC(=O)N(c3cc(Cl)ccc3OC)C2)CC1. The van der Waals surface area contributed by atoms with Crippen molar-refractivity contribution in [3.63, 3.8) is 0 Å². The molecular formula is C23H29ClN2O7. The van der Waals surface area contributed by atoms with Gasteiger partial charge in [0.05, 0.1) is 31.2 Å².